The third-order valence-electron chi connectivity index (χ3n) is 3.87. The van der Waals surface area contributed by atoms with Crippen LogP contribution in [0.15, 0.2) is 18.3 Å². The molecule has 1 saturated heterocycles. The van der Waals surface area contributed by atoms with Crippen LogP contribution in [0.2, 0.25) is 0 Å². The molecule has 0 aromatic carbocycles. The Kier molecular flexibility index (Phi) is 3.40. The van der Waals surface area contributed by atoms with Crippen LogP contribution in [0.5, 0.6) is 0 Å². The number of fused-ring (bicyclic) bond motifs is 1. The summed E-state index contributed by atoms with van der Waals surface area (Å²) in [5, 5.41) is 4.51. The third-order valence-corrected chi connectivity index (χ3v) is 3.87. The number of ether oxygens (including phenoxy) is 1. The lowest BCUT2D eigenvalue weighted by atomic mass is 10.1. The monoisotopic (exact) mass is 274 g/mol. The van der Waals surface area contributed by atoms with Gasteiger partial charge < -0.3 is 9.64 Å². The molecule has 0 spiro atoms. The van der Waals surface area contributed by atoms with E-state index in [-0.39, 0.29) is 5.97 Å². The Morgan fingerprint density at radius 1 is 1.55 bits per heavy atom. The van der Waals surface area contributed by atoms with E-state index in [1.165, 1.54) is 7.11 Å². The van der Waals surface area contributed by atoms with Crippen molar-refractivity contribution in [1.82, 2.24) is 19.5 Å². The van der Waals surface area contributed by atoms with Gasteiger partial charge in [0.1, 0.15) is 5.56 Å². The predicted molar refractivity (Wildman–Crippen MR) is 73.8 cm³/mol. The molecule has 106 valence electrons. The Morgan fingerprint density at radius 3 is 3.10 bits per heavy atom. The van der Waals surface area contributed by atoms with Gasteiger partial charge in [0.15, 0.2) is 11.5 Å². The molecule has 3 heterocycles. The van der Waals surface area contributed by atoms with E-state index in [1.54, 1.807) is 16.6 Å². The number of carbonyl (C=O) groups is 1. The number of rotatable bonds is 3. The molecule has 1 aliphatic rings. The zero-order valence-electron chi connectivity index (χ0n) is 11.7. The van der Waals surface area contributed by atoms with Gasteiger partial charge >= 0.3 is 5.97 Å². The first-order valence-electron chi connectivity index (χ1n) is 6.89. The molecule has 1 aliphatic heterocycles. The summed E-state index contributed by atoms with van der Waals surface area (Å²) in [6.45, 7) is 5.29. The van der Waals surface area contributed by atoms with Gasteiger partial charge in [-0.15, -0.1) is 0 Å². The molecule has 2 aromatic rings. The van der Waals surface area contributed by atoms with Crippen molar-refractivity contribution in [1.29, 1.82) is 0 Å². The first-order chi connectivity index (χ1) is 9.72. The highest BCUT2D eigenvalue weighted by atomic mass is 16.5. The van der Waals surface area contributed by atoms with Gasteiger partial charge in [-0.05, 0) is 31.6 Å². The molecule has 0 saturated carbocycles. The van der Waals surface area contributed by atoms with Crippen molar-refractivity contribution in [3.63, 3.8) is 0 Å². The van der Waals surface area contributed by atoms with Crippen LogP contribution in [0.1, 0.15) is 35.4 Å². The predicted octanol–water partition coefficient (Wildman–Crippen LogP) is 1.33. The summed E-state index contributed by atoms with van der Waals surface area (Å²) >= 11 is 0. The lowest BCUT2D eigenvalue weighted by Gasteiger charge is -2.10. The summed E-state index contributed by atoms with van der Waals surface area (Å²) < 4.78 is 6.45. The Hall–Kier alpha value is -1.95. The number of esters is 1. The average molecular weight is 274 g/mol. The standard InChI is InChI=1S/C14H18N4O2/c1-3-17-8-6-10(9-17)12-15-13-11(14(19)20-2)5-4-7-18(13)16-12/h4-5,7,10H,3,6,8-9H2,1-2H3. The number of aromatic nitrogens is 3. The van der Waals surface area contributed by atoms with Gasteiger partial charge in [0.2, 0.25) is 0 Å². The number of nitrogens with zero attached hydrogens (tertiary/aromatic N) is 4. The Balaban J connectivity index is 1.97. The van der Waals surface area contributed by atoms with Crippen molar-refractivity contribution in [2.45, 2.75) is 19.3 Å². The highest BCUT2D eigenvalue weighted by molar-refractivity contribution is 5.95. The highest BCUT2D eigenvalue weighted by Crippen LogP contribution is 2.25. The number of likely N-dealkylation sites (N-methyl/N-ethyl adjacent to an activating group) is 1. The molecule has 0 aliphatic carbocycles. The van der Waals surface area contributed by atoms with Crippen molar-refractivity contribution in [3.05, 3.63) is 29.7 Å². The van der Waals surface area contributed by atoms with Gasteiger partial charge in [0.25, 0.3) is 0 Å². The van der Waals surface area contributed by atoms with Crippen LogP contribution in [0.4, 0.5) is 0 Å². The van der Waals surface area contributed by atoms with Crippen molar-refractivity contribution in [3.8, 4) is 0 Å². The minimum Gasteiger partial charge on any atom is -0.465 e. The van der Waals surface area contributed by atoms with Crippen molar-refractivity contribution in [2.24, 2.45) is 0 Å². The molecule has 1 unspecified atom stereocenters. The topological polar surface area (TPSA) is 59.7 Å². The van der Waals surface area contributed by atoms with E-state index in [1.807, 2.05) is 6.20 Å². The second-order valence-corrected chi connectivity index (χ2v) is 5.03. The Bertz CT molecular complexity index is 637. The maximum atomic E-state index is 11.7. The molecule has 1 fully saturated rings. The van der Waals surface area contributed by atoms with Crippen LogP contribution < -0.4 is 0 Å². The van der Waals surface area contributed by atoms with E-state index in [0.29, 0.717) is 17.1 Å². The fourth-order valence-corrected chi connectivity index (χ4v) is 2.70. The maximum absolute atomic E-state index is 11.7. The largest absolute Gasteiger partial charge is 0.465 e. The molecule has 6 nitrogen and oxygen atoms in total. The van der Waals surface area contributed by atoms with Gasteiger partial charge in [-0.25, -0.2) is 14.3 Å². The van der Waals surface area contributed by atoms with E-state index < -0.39 is 0 Å². The molecule has 3 rings (SSSR count). The van der Waals surface area contributed by atoms with Gasteiger partial charge in [-0.2, -0.15) is 5.10 Å². The molecule has 6 heteroatoms. The number of carbonyl (C=O) groups excluding carboxylic acids is 1. The molecule has 20 heavy (non-hydrogen) atoms. The number of hydrogen-bond acceptors (Lipinski definition) is 5. The van der Waals surface area contributed by atoms with Crippen LogP contribution in [-0.2, 0) is 4.74 Å². The quantitative estimate of drug-likeness (QED) is 0.790. The smallest absolute Gasteiger partial charge is 0.341 e. The fourth-order valence-electron chi connectivity index (χ4n) is 2.70. The van der Waals surface area contributed by atoms with E-state index in [2.05, 4.69) is 21.9 Å². The second-order valence-electron chi connectivity index (χ2n) is 5.03. The maximum Gasteiger partial charge on any atom is 0.341 e. The zero-order chi connectivity index (χ0) is 14.1. The third kappa shape index (κ3) is 2.16. The van der Waals surface area contributed by atoms with Crippen LogP contribution in [0, 0.1) is 0 Å². The van der Waals surface area contributed by atoms with Gasteiger partial charge in [-0.3, -0.25) is 0 Å². The van der Waals surface area contributed by atoms with E-state index >= 15 is 0 Å². The van der Waals surface area contributed by atoms with Crippen molar-refractivity contribution in [2.75, 3.05) is 26.7 Å². The zero-order valence-corrected chi connectivity index (χ0v) is 11.7. The summed E-state index contributed by atoms with van der Waals surface area (Å²) in [6.07, 6.45) is 2.88. The van der Waals surface area contributed by atoms with Crippen molar-refractivity contribution < 1.29 is 9.53 Å². The van der Waals surface area contributed by atoms with Gasteiger partial charge in [0.05, 0.1) is 7.11 Å². The van der Waals surface area contributed by atoms with Crippen LogP contribution in [0.25, 0.3) is 5.65 Å². The lowest BCUT2D eigenvalue weighted by Crippen LogP contribution is -2.19. The van der Waals surface area contributed by atoms with Gasteiger partial charge in [-0.1, -0.05) is 6.92 Å². The number of pyridine rings is 1. The molecule has 1 atom stereocenters. The molecule has 0 amide bonds. The number of hydrogen-bond donors (Lipinski definition) is 0. The Morgan fingerprint density at radius 2 is 2.40 bits per heavy atom. The summed E-state index contributed by atoms with van der Waals surface area (Å²) in [6, 6.07) is 3.50. The van der Waals surface area contributed by atoms with E-state index in [9.17, 15) is 4.79 Å². The first kappa shape index (κ1) is 13.1. The van der Waals surface area contributed by atoms with Crippen LogP contribution >= 0.6 is 0 Å². The van der Waals surface area contributed by atoms with E-state index in [0.717, 1.165) is 31.9 Å². The molecule has 0 bridgehead atoms. The molecular formula is C14H18N4O2. The minimum atomic E-state index is -0.379. The number of likely N-dealkylation sites (tertiary alicyclic amines) is 1. The van der Waals surface area contributed by atoms with Gasteiger partial charge in [0, 0.05) is 18.7 Å². The fraction of sp³-hybridized carbons (Fsp3) is 0.500. The normalized spacial score (nSPS) is 19.6. The average Bonchev–Trinajstić information content (AvgIpc) is 3.11. The van der Waals surface area contributed by atoms with Crippen LogP contribution in [-0.4, -0.2) is 52.2 Å². The SMILES string of the molecule is CCN1CCC(c2nc3c(C(=O)OC)cccn3n2)C1. The number of methoxy groups -OCH3 is 1. The molecule has 0 radical (unpaired) electrons. The summed E-state index contributed by atoms with van der Waals surface area (Å²) in [7, 11) is 1.37. The first-order valence-corrected chi connectivity index (χ1v) is 6.89. The molecular weight excluding hydrogens is 256 g/mol. The lowest BCUT2D eigenvalue weighted by molar-refractivity contribution is 0.0602. The molecule has 2 aromatic heterocycles. The summed E-state index contributed by atoms with van der Waals surface area (Å²) in [5.74, 6) is 0.786. The minimum absolute atomic E-state index is 0.348. The van der Waals surface area contributed by atoms with Crippen LogP contribution in [0.3, 0.4) is 0 Å². The molecule has 0 N–H and O–H groups in total. The summed E-state index contributed by atoms with van der Waals surface area (Å²) in [5.41, 5.74) is 1.03. The Labute approximate surface area is 117 Å². The highest BCUT2D eigenvalue weighted by Gasteiger charge is 2.27. The van der Waals surface area contributed by atoms with Crippen molar-refractivity contribution >= 4 is 11.6 Å². The summed E-state index contributed by atoms with van der Waals surface area (Å²) in [4.78, 5) is 18.7. The van der Waals surface area contributed by atoms with E-state index in [4.69, 9.17) is 4.74 Å². The second kappa shape index (κ2) is 5.20.